The van der Waals surface area contributed by atoms with Crippen molar-refractivity contribution in [3.8, 4) is 0 Å². The lowest BCUT2D eigenvalue weighted by Crippen LogP contribution is -2.36. The van der Waals surface area contributed by atoms with Crippen LogP contribution in [0, 0.1) is 0 Å². The van der Waals surface area contributed by atoms with E-state index in [0.717, 1.165) is 5.56 Å². The van der Waals surface area contributed by atoms with E-state index in [4.69, 9.17) is 34.0 Å². The van der Waals surface area contributed by atoms with Crippen LogP contribution in [0.15, 0.2) is 18.2 Å². The Balaban J connectivity index is 0.00000169. The predicted molar refractivity (Wildman–Crippen MR) is 62.3 cm³/mol. The van der Waals surface area contributed by atoms with E-state index in [-0.39, 0.29) is 19.0 Å². The molecule has 0 heterocycles. The van der Waals surface area contributed by atoms with Gasteiger partial charge in [-0.15, -0.1) is 12.4 Å². The summed E-state index contributed by atoms with van der Waals surface area (Å²) < 4.78 is 0. The van der Waals surface area contributed by atoms with Gasteiger partial charge in [0.15, 0.2) is 0 Å². The molecule has 1 aromatic carbocycles. The molecular weight excluding hydrogens is 244 g/mol. The molecule has 2 nitrogen and oxygen atoms in total. The van der Waals surface area contributed by atoms with Crippen LogP contribution in [0.5, 0.6) is 0 Å². The van der Waals surface area contributed by atoms with E-state index in [1.165, 1.54) is 0 Å². The zero-order chi connectivity index (χ0) is 10.1. The Labute approximate surface area is 99.4 Å². The van der Waals surface area contributed by atoms with Gasteiger partial charge in [-0.05, 0) is 30.7 Å². The fourth-order valence-corrected chi connectivity index (χ4v) is 1.50. The minimum absolute atomic E-state index is 0. The average Bonchev–Trinajstić information content (AvgIpc) is 2.02. The normalized spacial score (nSPS) is 14.4. The first-order valence-corrected chi connectivity index (χ1v) is 4.57. The van der Waals surface area contributed by atoms with E-state index in [9.17, 15) is 0 Å². The highest BCUT2D eigenvalue weighted by molar-refractivity contribution is 6.34. The van der Waals surface area contributed by atoms with Crippen molar-refractivity contribution in [2.24, 2.45) is 5.73 Å². The Morgan fingerprint density at radius 3 is 2.07 bits per heavy atom. The Morgan fingerprint density at radius 2 is 1.71 bits per heavy atom. The maximum atomic E-state index is 9.02. The molecule has 14 heavy (non-hydrogen) atoms. The number of nitrogens with two attached hydrogens (primary N) is 1. The first kappa shape index (κ1) is 14.0. The van der Waals surface area contributed by atoms with E-state index >= 15 is 0 Å². The zero-order valence-corrected chi connectivity index (χ0v) is 9.96. The van der Waals surface area contributed by atoms with Crippen LogP contribution >= 0.6 is 35.6 Å². The molecule has 0 spiro atoms. The Kier molecular flexibility index (Phi) is 5.20. The van der Waals surface area contributed by atoms with Gasteiger partial charge in [0, 0.05) is 10.0 Å². The number of hydrogen-bond donors (Lipinski definition) is 2. The quantitative estimate of drug-likeness (QED) is 0.854. The van der Waals surface area contributed by atoms with Gasteiger partial charge >= 0.3 is 0 Å². The number of halogens is 3. The summed E-state index contributed by atoms with van der Waals surface area (Å²) in [5.41, 5.74) is 5.74. The molecule has 0 saturated carbocycles. The molecule has 0 aliphatic carbocycles. The number of rotatable bonds is 2. The van der Waals surface area contributed by atoms with Crippen molar-refractivity contribution >= 4 is 35.6 Å². The van der Waals surface area contributed by atoms with Gasteiger partial charge in [-0.2, -0.15) is 0 Å². The molecular formula is C9H12Cl3NO. The van der Waals surface area contributed by atoms with Crippen molar-refractivity contribution in [1.82, 2.24) is 0 Å². The van der Waals surface area contributed by atoms with E-state index in [1.54, 1.807) is 25.1 Å². The van der Waals surface area contributed by atoms with Crippen molar-refractivity contribution < 1.29 is 5.11 Å². The molecule has 1 aromatic rings. The van der Waals surface area contributed by atoms with Gasteiger partial charge in [0.2, 0.25) is 0 Å². The van der Waals surface area contributed by atoms with Crippen molar-refractivity contribution in [1.29, 1.82) is 0 Å². The largest absolute Gasteiger partial charge is 0.394 e. The van der Waals surface area contributed by atoms with E-state index in [0.29, 0.717) is 10.0 Å². The molecule has 0 radical (unpaired) electrons. The minimum Gasteiger partial charge on any atom is -0.394 e. The molecule has 0 aromatic heterocycles. The number of benzene rings is 1. The predicted octanol–water partition coefficient (Wildman–Crippen LogP) is 2.58. The van der Waals surface area contributed by atoms with E-state index in [2.05, 4.69) is 0 Å². The second-order valence-electron chi connectivity index (χ2n) is 3.23. The molecule has 0 aliphatic heterocycles. The van der Waals surface area contributed by atoms with Crippen LogP contribution in [0.25, 0.3) is 0 Å². The van der Waals surface area contributed by atoms with Gasteiger partial charge in [0.1, 0.15) is 0 Å². The van der Waals surface area contributed by atoms with Crippen LogP contribution in [0.2, 0.25) is 10.0 Å². The summed E-state index contributed by atoms with van der Waals surface area (Å²) in [6.45, 7) is 1.57. The van der Waals surface area contributed by atoms with Crippen molar-refractivity contribution in [3.05, 3.63) is 33.8 Å². The zero-order valence-electron chi connectivity index (χ0n) is 7.63. The van der Waals surface area contributed by atoms with Crippen LogP contribution in [-0.2, 0) is 5.54 Å². The topological polar surface area (TPSA) is 46.2 Å². The van der Waals surface area contributed by atoms with Gasteiger partial charge < -0.3 is 10.8 Å². The maximum absolute atomic E-state index is 9.02. The Hall–Kier alpha value is 0.01000. The van der Waals surface area contributed by atoms with Gasteiger partial charge in [0.05, 0.1) is 12.1 Å². The molecule has 0 bridgehead atoms. The average molecular weight is 257 g/mol. The van der Waals surface area contributed by atoms with E-state index < -0.39 is 5.54 Å². The molecule has 0 amide bonds. The Bertz CT molecular complexity index is 295. The highest BCUT2D eigenvalue weighted by atomic mass is 35.5. The smallest absolute Gasteiger partial charge is 0.0650 e. The first-order valence-electron chi connectivity index (χ1n) is 3.82. The summed E-state index contributed by atoms with van der Waals surface area (Å²) >= 11 is 11.6. The summed E-state index contributed by atoms with van der Waals surface area (Å²) in [6.07, 6.45) is 0. The second-order valence-corrected chi connectivity index (χ2v) is 4.11. The van der Waals surface area contributed by atoms with Crippen LogP contribution in [0.1, 0.15) is 12.5 Å². The lowest BCUT2D eigenvalue weighted by Gasteiger charge is -2.22. The third kappa shape index (κ3) is 3.30. The summed E-state index contributed by atoms with van der Waals surface area (Å²) in [5.74, 6) is 0. The van der Waals surface area contributed by atoms with Gasteiger partial charge in [-0.1, -0.05) is 23.2 Å². The molecule has 5 heteroatoms. The SMILES string of the molecule is CC(N)(CO)c1cc(Cl)cc(Cl)c1.Cl. The number of hydrogen-bond acceptors (Lipinski definition) is 2. The fourth-order valence-electron chi connectivity index (χ4n) is 0.975. The Morgan fingerprint density at radius 1 is 1.29 bits per heavy atom. The molecule has 1 atom stereocenters. The molecule has 1 unspecified atom stereocenters. The summed E-state index contributed by atoms with van der Waals surface area (Å²) in [7, 11) is 0. The highest BCUT2D eigenvalue weighted by Gasteiger charge is 2.20. The second kappa shape index (κ2) is 5.19. The number of aliphatic hydroxyl groups is 1. The lowest BCUT2D eigenvalue weighted by molar-refractivity contribution is 0.210. The molecule has 0 saturated heterocycles. The lowest BCUT2D eigenvalue weighted by atomic mass is 9.94. The molecule has 0 aliphatic rings. The minimum atomic E-state index is -0.797. The standard InChI is InChI=1S/C9H11Cl2NO.ClH/c1-9(12,5-13)6-2-7(10)4-8(11)3-6;/h2-4,13H,5,12H2,1H3;1H. The molecule has 1 rings (SSSR count). The molecule has 0 fully saturated rings. The summed E-state index contributed by atoms with van der Waals surface area (Å²) in [4.78, 5) is 0. The van der Waals surface area contributed by atoms with Crippen LogP contribution in [-0.4, -0.2) is 11.7 Å². The molecule has 3 N–H and O–H groups in total. The van der Waals surface area contributed by atoms with Crippen molar-refractivity contribution in [2.75, 3.05) is 6.61 Å². The third-order valence-electron chi connectivity index (χ3n) is 1.85. The molecule has 80 valence electrons. The van der Waals surface area contributed by atoms with Gasteiger partial charge in [-0.3, -0.25) is 0 Å². The van der Waals surface area contributed by atoms with Crippen molar-refractivity contribution in [2.45, 2.75) is 12.5 Å². The van der Waals surface area contributed by atoms with Crippen LogP contribution in [0.3, 0.4) is 0 Å². The van der Waals surface area contributed by atoms with Gasteiger partial charge in [-0.25, -0.2) is 0 Å². The maximum Gasteiger partial charge on any atom is 0.0650 e. The van der Waals surface area contributed by atoms with Gasteiger partial charge in [0.25, 0.3) is 0 Å². The third-order valence-corrected chi connectivity index (χ3v) is 2.29. The first-order chi connectivity index (χ1) is 5.95. The van der Waals surface area contributed by atoms with Crippen LogP contribution in [0.4, 0.5) is 0 Å². The number of aliphatic hydroxyl groups excluding tert-OH is 1. The van der Waals surface area contributed by atoms with Crippen LogP contribution < -0.4 is 5.73 Å². The summed E-state index contributed by atoms with van der Waals surface area (Å²) in [6, 6.07) is 5.02. The summed E-state index contributed by atoms with van der Waals surface area (Å²) in [5, 5.41) is 10.1. The monoisotopic (exact) mass is 255 g/mol. The van der Waals surface area contributed by atoms with Crippen molar-refractivity contribution in [3.63, 3.8) is 0 Å². The highest BCUT2D eigenvalue weighted by Crippen LogP contribution is 2.25. The van der Waals surface area contributed by atoms with E-state index in [1.807, 2.05) is 0 Å². The fraction of sp³-hybridized carbons (Fsp3) is 0.333.